The molecule has 0 aliphatic carbocycles. The maximum atomic E-state index is 12.7. The molecule has 0 saturated carbocycles. The molecule has 7 nitrogen and oxygen atoms in total. The third-order valence-corrected chi connectivity index (χ3v) is 5.01. The molecule has 1 aromatic rings. The van der Waals surface area contributed by atoms with Crippen molar-refractivity contribution in [3.63, 3.8) is 0 Å². The lowest BCUT2D eigenvalue weighted by Gasteiger charge is -2.36. The second-order valence-electron chi connectivity index (χ2n) is 7.27. The van der Waals surface area contributed by atoms with Gasteiger partial charge in [-0.15, -0.1) is 0 Å². The highest BCUT2D eigenvalue weighted by molar-refractivity contribution is 5.94. The normalized spacial score (nSPS) is 28.0. The van der Waals surface area contributed by atoms with E-state index in [0.29, 0.717) is 44.1 Å². The van der Waals surface area contributed by atoms with Gasteiger partial charge in [0.25, 0.3) is 0 Å². The molecule has 2 heterocycles. The molecule has 3 unspecified atom stereocenters. The first kappa shape index (κ1) is 19.6. The van der Waals surface area contributed by atoms with E-state index in [9.17, 15) is 19.8 Å². The highest BCUT2D eigenvalue weighted by Crippen LogP contribution is 2.32. The second kappa shape index (κ2) is 8.71. The summed E-state index contributed by atoms with van der Waals surface area (Å²) in [6.07, 6.45) is 1.61. The number of benzene rings is 1. The minimum atomic E-state index is -0.555. The number of rotatable bonds is 4. The van der Waals surface area contributed by atoms with E-state index in [4.69, 9.17) is 14.2 Å². The number of aliphatic hydroxyl groups is 1. The van der Waals surface area contributed by atoms with Gasteiger partial charge in [0.1, 0.15) is 17.4 Å². The Hall–Kier alpha value is -2.12. The molecule has 3 rings (SSSR count). The largest absolute Gasteiger partial charge is 0.507 e. The Labute approximate surface area is 158 Å². The lowest BCUT2D eigenvalue weighted by molar-refractivity contribution is -0.141. The second-order valence-corrected chi connectivity index (χ2v) is 7.27. The van der Waals surface area contributed by atoms with Crippen molar-refractivity contribution in [2.24, 2.45) is 0 Å². The molecule has 0 amide bonds. The minimum absolute atomic E-state index is 0.121. The van der Waals surface area contributed by atoms with Gasteiger partial charge in [-0.2, -0.15) is 0 Å². The van der Waals surface area contributed by atoms with Crippen LogP contribution in [0.3, 0.4) is 0 Å². The van der Waals surface area contributed by atoms with Crippen molar-refractivity contribution in [1.29, 1.82) is 0 Å². The molecule has 1 fully saturated rings. The summed E-state index contributed by atoms with van der Waals surface area (Å²) < 4.78 is 16.7. The van der Waals surface area contributed by atoms with E-state index < -0.39 is 18.2 Å². The number of aliphatic hydroxyl groups excluding tert-OH is 1. The molecule has 7 heteroatoms. The van der Waals surface area contributed by atoms with E-state index in [-0.39, 0.29) is 36.1 Å². The maximum Gasteiger partial charge on any atom is 0.342 e. The van der Waals surface area contributed by atoms with Gasteiger partial charge in [-0.1, -0.05) is 12.1 Å². The van der Waals surface area contributed by atoms with Crippen molar-refractivity contribution < 1.29 is 34.0 Å². The van der Waals surface area contributed by atoms with Crippen LogP contribution in [0.15, 0.2) is 18.2 Å². The molecular formula is C20H26O7. The summed E-state index contributed by atoms with van der Waals surface area (Å²) in [5.41, 5.74) is 0.808. The van der Waals surface area contributed by atoms with Gasteiger partial charge in [-0.3, -0.25) is 4.79 Å². The fourth-order valence-corrected chi connectivity index (χ4v) is 3.86. The number of hydrogen-bond acceptors (Lipinski definition) is 7. The van der Waals surface area contributed by atoms with E-state index in [1.165, 1.54) is 13.0 Å². The Bertz CT molecular complexity index is 687. The summed E-state index contributed by atoms with van der Waals surface area (Å²) in [6, 6.07) is 4.91. The molecular weight excluding hydrogens is 352 g/mol. The molecule has 2 aliphatic heterocycles. The molecule has 148 valence electrons. The van der Waals surface area contributed by atoms with E-state index in [1.807, 2.05) is 0 Å². The number of aromatic hydroxyl groups is 1. The summed E-state index contributed by atoms with van der Waals surface area (Å²) in [6.45, 7) is 1.60. The monoisotopic (exact) mass is 378 g/mol. The fraction of sp³-hybridized carbons (Fsp3) is 0.600. The third kappa shape index (κ3) is 5.20. The van der Waals surface area contributed by atoms with Crippen LogP contribution >= 0.6 is 0 Å². The molecule has 2 bridgehead atoms. The Morgan fingerprint density at radius 2 is 2.04 bits per heavy atom. The Kier molecular flexibility index (Phi) is 6.34. The number of phenolic OH excluding ortho intramolecular Hbond substituents is 1. The first-order chi connectivity index (χ1) is 12.9. The van der Waals surface area contributed by atoms with Crippen LogP contribution in [0.1, 0.15) is 54.9 Å². The van der Waals surface area contributed by atoms with Crippen LogP contribution in [-0.4, -0.2) is 53.2 Å². The average Bonchev–Trinajstić information content (AvgIpc) is 2.57. The molecule has 1 saturated heterocycles. The van der Waals surface area contributed by atoms with Crippen molar-refractivity contribution >= 4 is 11.9 Å². The van der Waals surface area contributed by atoms with Crippen molar-refractivity contribution in [2.45, 2.75) is 69.9 Å². The number of cyclic esters (lactones) is 1. The quantitative estimate of drug-likeness (QED) is 0.611. The lowest BCUT2D eigenvalue weighted by atomic mass is 9.91. The maximum absolute atomic E-state index is 12.7. The third-order valence-electron chi connectivity index (χ3n) is 5.01. The van der Waals surface area contributed by atoms with E-state index >= 15 is 0 Å². The molecule has 27 heavy (non-hydrogen) atoms. The van der Waals surface area contributed by atoms with Crippen molar-refractivity contribution in [3.05, 3.63) is 29.3 Å². The molecule has 0 radical (unpaired) electrons. The van der Waals surface area contributed by atoms with Crippen LogP contribution in [0, 0.1) is 0 Å². The zero-order valence-corrected chi connectivity index (χ0v) is 15.4. The van der Waals surface area contributed by atoms with Crippen LogP contribution in [0.2, 0.25) is 0 Å². The van der Waals surface area contributed by atoms with Crippen LogP contribution in [0.4, 0.5) is 0 Å². The fourth-order valence-electron chi connectivity index (χ4n) is 3.86. The summed E-state index contributed by atoms with van der Waals surface area (Å²) >= 11 is 0. The Morgan fingerprint density at radius 3 is 2.81 bits per heavy atom. The first-order valence-corrected chi connectivity index (χ1v) is 9.41. The number of esters is 2. The van der Waals surface area contributed by atoms with Gasteiger partial charge in [0, 0.05) is 13.3 Å². The molecule has 2 N–H and O–H groups in total. The Balaban J connectivity index is 1.80. The first-order valence-electron chi connectivity index (χ1n) is 9.41. The van der Waals surface area contributed by atoms with Crippen LogP contribution in [-0.2, 0) is 25.4 Å². The summed E-state index contributed by atoms with van der Waals surface area (Å²) in [5.74, 6) is -1.02. The van der Waals surface area contributed by atoms with Gasteiger partial charge in [0.2, 0.25) is 0 Å². The number of phenols is 1. The summed E-state index contributed by atoms with van der Waals surface area (Å²) in [7, 11) is 0. The van der Waals surface area contributed by atoms with Gasteiger partial charge >= 0.3 is 11.9 Å². The number of hydrogen-bond donors (Lipinski definition) is 2. The van der Waals surface area contributed by atoms with Gasteiger partial charge in [-0.25, -0.2) is 4.79 Å². The smallest absolute Gasteiger partial charge is 0.342 e. The van der Waals surface area contributed by atoms with Crippen LogP contribution in [0.25, 0.3) is 0 Å². The van der Waals surface area contributed by atoms with Gasteiger partial charge < -0.3 is 24.4 Å². The Morgan fingerprint density at radius 1 is 1.26 bits per heavy atom. The highest BCUT2D eigenvalue weighted by Gasteiger charge is 2.34. The van der Waals surface area contributed by atoms with Gasteiger partial charge in [-0.05, 0) is 43.7 Å². The number of carbonyl (C=O) groups is 2. The summed E-state index contributed by atoms with van der Waals surface area (Å²) in [4.78, 5) is 23.6. The van der Waals surface area contributed by atoms with Crippen molar-refractivity contribution in [1.82, 2.24) is 0 Å². The van der Waals surface area contributed by atoms with E-state index in [0.717, 1.165) is 0 Å². The van der Waals surface area contributed by atoms with Crippen LogP contribution < -0.4 is 0 Å². The van der Waals surface area contributed by atoms with Crippen molar-refractivity contribution in [3.8, 4) is 5.75 Å². The SMILES string of the molecule is CC(=O)OCCCC1C[C@H]2CC(O)CC(Cc3cccc(O)c3C(=O)O1)O2. The van der Waals surface area contributed by atoms with Crippen molar-refractivity contribution in [2.75, 3.05) is 6.61 Å². The number of fused-ring (bicyclic) bond motifs is 3. The molecule has 0 spiro atoms. The standard InChI is InChI=1S/C20H26O7/c1-12(21)25-7-3-5-15-11-17-10-14(22)9-16(26-17)8-13-4-2-6-18(23)19(13)20(24)27-15/h2,4,6,14-17,22-23H,3,5,7-11H2,1H3/t14?,15?,16?,17-/m1/s1. The van der Waals surface area contributed by atoms with Gasteiger partial charge in [0.05, 0.1) is 24.9 Å². The highest BCUT2D eigenvalue weighted by atomic mass is 16.6. The zero-order chi connectivity index (χ0) is 19.4. The zero-order valence-electron chi connectivity index (χ0n) is 15.4. The predicted octanol–water partition coefficient (Wildman–Crippen LogP) is 2.12. The van der Waals surface area contributed by atoms with Crippen LogP contribution in [0.5, 0.6) is 5.75 Å². The van der Waals surface area contributed by atoms with E-state index in [2.05, 4.69) is 0 Å². The molecule has 4 atom stereocenters. The number of ether oxygens (including phenoxy) is 3. The predicted molar refractivity (Wildman–Crippen MR) is 95.4 cm³/mol. The van der Waals surface area contributed by atoms with Gasteiger partial charge in [0.15, 0.2) is 0 Å². The lowest BCUT2D eigenvalue weighted by Crippen LogP contribution is -2.40. The molecule has 2 aliphatic rings. The number of carbonyl (C=O) groups excluding carboxylic acids is 2. The minimum Gasteiger partial charge on any atom is -0.507 e. The molecule has 0 aromatic heterocycles. The topological polar surface area (TPSA) is 102 Å². The average molecular weight is 378 g/mol. The van der Waals surface area contributed by atoms with E-state index in [1.54, 1.807) is 12.1 Å². The molecule has 1 aromatic carbocycles. The summed E-state index contributed by atoms with van der Waals surface area (Å²) in [5, 5.41) is 20.4.